The molecule has 7 aromatic carbocycles. The van der Waals surface area contributed by atoms with E-state index < -0.39 is 45.7 Å². The van der Waals surface area contributed by atoms with Crippen LogP contribution in [-0.2, 0) is 40.6 Å². The molecule has 2 aliphatic rings. The summed E-state index contributed by atoms with van der Waals surface area (Å²) in [6, 6.07) is 68.4. The Hall–Kier alpha value is -4.96. The summed E-state index contributed by atoms with van der Waals surface area (Å²) in [5.41, 5.74) is 3.08. The van der Waals surface area contributed by atoms with Gasteiger partial charge >= 0.3 is 8.60 Å². The molecule has 3 atom stereocenters. The molecule has 9 rings (SSSR count). The molecule has 66 heavy (non-hydrogen) atoms. The lowest BCUT2D eigenvalue weighted by Crippen LogP contribution is -2.53. The third-order valence-electron chi connectivity index (χ3n) is 13.9. The van der Waals surface area contributed by atoms with Gasteiger partial charge in [-0.25, -0.2) is 0 Å². The van der Waals surface area contributed by atoms with Crippen molar-refractivity contribution in [2.45, 2.75) is 108 Å². The highest BCUT2D eigenvalue weighted by atomic mass is 31.2. The molecule has 2 heterocycles. The van der Waals surface area contributed by atoms with Crippen molar-refractivity contribution in [3.8, 4) is 5.75 Å². The maximum atomic E-state index is 7.97. The van der Waals surface area contributed by atoms with Crippen LogP contribution in [0.5, 0.6) is 5.75 Å². The third-order valence-corrected chi connectivity index (χ3v) is 17.6. The van der Waals surface area contributed by atoms with E-state index in [2.05, 4.69) is 211 Å². The van der Waals surface area contributed by atoms with Crippen LogP contribution in [0.1, 0.15) is 102 Å². The first-order valence-electron chi connectivity index (χ1n) is 23.4. The second-order valence-electron chi connectivity index (χ2n) is 19.3. The Balaban J connectivity index is 1.39. The second-order valence-corrected chi connectivity index (χ2v) is 22.4. The fourth-order valence-corrected chi connectivity index (χ4v) is 13.6. The van der Waals surface area contributed by atoms with Gasteiger partial charge in [0, 0.05) is 10.9 Å². The Kier molecular flexibility index (Phi) is 13.0. The Morgan fingerprint density at radius 2 is 0.848 bits per heavy atom. The second kappa shape index (κ2) is 18.6. The lowest BCUT2D eigenvalue weighted by molar-refractivity contribution is -0.175. The van der Waals surface area contributed by atoms with E-state index in [0.717, 1.165) is 51.7 Å². The number of benzene rings is 7. The van der Waals surface area contributed by atoms with Crippen molar-refractivity contribution in [2.24, 2.45) is 0 Å². The molecule has 0 aliphatic carbocycles. The topological polar surface area (TPSA) is 46.2 Å². The van der Waals surface area contributed by atoms with Crippen LogP contribution in [0.2, 0.25) is 0 Å². The molecule has 0 amide bonds. The first kappa shape index (κ1) is 46.2. The van der Waals surface area contributed by atoms with Crippen LogP contribution in [0.3, 0.4) is 0 Å². The molecule has 7 aromatic rings. The van der Waals surface area contributed by atoms with Crippen molar-refractivity contribution in [2.75, 3.05) is 0 Å². The number of rotatable bonds is 13. The van der Waals surface area contributed by atoms with Crippen LogP contribution in [0.4, 0.5) is 0 Å². The molecular formula is C59H62O5P2. The van der Waals surface area contributed by atoms with Gasteiger partial charge in [-0.2, -0.15) is 0 Å². The lowest BCUT2D eigenvalue weighted by atomic mass is 9.72. The fraction of sp³-hybridized carbons (Fsp3) is 0.288. The van der Waals surface area contributed by atoms with E-state index in [9.17, 15) is 0 Å². The van der Waals surface area contributed by atoms with Gasteiger partial charge in [0.25, 0.3) is 0 Å². The molecule has 0 N–H and O–H groups in total. The molecule has 7 heteroatoms. The molecule has 338 valence electrons. The molecule has 2 aliphatic heterocycles. The maximum Gasteiger partial charge on any atom is 0.399 e. The Labute approximate surface area is 395 Å². The SMILES string of the molecule is CCC(C)(C)c1cc(P(c2ccccc2)c2ccccc2)c(OP2OC(c3ccccc3)(c3ccccc3)C3OC(C)(C)O[C@H]3C(c3ccccc3)(c3ccccc3)O2)c(C(C)(C)CC)c1. The van der Waals surface area contributed by atoms with Gasteiger partial charge in [-0.1, -0.05) is 230 Å². The summed E-state index contributed by atoms with van der Waals surface area (Å²) in [5.74, 6) is -0.219. The molecular weight excluding hydrogens is 851 g/mol. The fourth-order valence-electron chi connectivity index (χ4n) is 9.51. The van der Waals surface area contributed by atoms with Gasteiger partial charge in [-0.15, -0.1) is 0 Å². The highest BCUT2D eigenvalue weighted by Crippen LogP contribution is 2.65. The van der Waals surface area contributed by atoms with Crippen LogP contribution < -0.4 is 20.4 Å². The van der Waals surface area contributed by atoms with Gasteiger partial charge in [0.15, 0.2) is 17.0 Å². The zero-order valence-corrected chi connectivity index (χ0v) is 41.3. The average Bonchev–Trinajstić information content (AvgIpc) is 3.64. The summed E-state index contributed by atoms with van der Waals surface area (Å²) in [5, 5.41) is 3.59. The van der Waals surface area contributed by atoms with Crippen LogP contribution in [-0.4, -0.2) is 18.0 Å². The molecule has 2 unspecified atom stereocenters. The van der Waals surface area contributed by atoms with Gasteiger partial charge in [0.05, 0.1) is 0 Å². The van der Waals surface area contributed by atoms with E-state index in [0.29, 0.717) is 0 Å². The van der Waals surface area contributed by atoms with Crippen molar-refractivity contribution in [1.29, 1.82) is 0 Å². The number of hydrogen-bond acceptors (Lipinski definition) is 5. The quantitative estimate of drug-likeness (QED) is 0.108. The number of ether oxygens (including phenoxy) is 2. The average molecular weight is 913 g/mol. The summed E-state index contributed by atoms with van der Waals surface area (Å²) < 4.78 is 38.5. The van der Waals surface area contributed by atoms with E-state index in [1.807, 2.05) is 38.1 Å². The lowest BCUT2D eigenvalue weighted by Gasteiger charge is -2.41. The van der Waals surface area contributed by atoms with Crippen molar-refractivity contribution >= 4 is 32.4 Å². The molecule has 0 bridgehead atoms. The largest absolute Gasteiger partial charge is 0.426 e. The predicted molar refractivity (Wildman–Crippen MR) is 273 cm³/mol. The molecule has 0 saturated carbocycles. The predicted octanol–water partition coefficient (Wildman–Crippen LogP) is 13.9. The highest BCUT2D eigenvalue weighted by Gasteiger charge is 2.67. The Morgan fingerprint density at radius 1 is 0.500 bits per heavy atom. The molecule has 0 radical (unpaired) electrons. The Morgan fingerprint density at radius 3 is 1.20 bits per heavy atom. The molecule has 0 aromatic heterocycles. The van der Waals surface area contributed by atoms with Crippen molar-refractivity contribution < 1.29 is 23.0 Å². The smallest absolute Gasteiger partial charge is 0.399 e. The van der Waals surface area contributed by atoms with Crippen LogP contribution in [0.25, 0.3) is 0 Å². The van der Waals surface area contributed by atoms with Crippen LogP contribution in [0, 0.1) is 0 Å². The number of hydrogen-bond donors (Lipinski definition) is 0. The minimum absolute atomic E-state index is 0.120. The zero-order valence-electron chi connectivity index (χ0n) is 39.5. The zero-order chi connectivity index (χ0) is 46.2. The van der Waals surface area contributed by atoms with Crippen molar-refractivity contribution in [3.05, 3.63) is 228 Å². The summed E-state index contributed by atoms with van der Waals surface area (Å²) in [6.07, 6.45) is 0.402. The first-order chi connectivity index (χ1) is 31.8. The van der Waals surface area contributed by atoms with E-state index in [-0.39, 0.29) is 10.8 Å². The summed E-state index contributed by atoms with van der Waals surface area (Å²) in [4.78, 5) is 0. The van der Waals surface area contributed by atoms with Crippen LogP contribution in [0.15, 0.2) is 194 Å². The highest BCUT2D eigenvalue weighted by molar-refractivity contribution is 7.80. The summed E-state index contributed by atoms with van der Waals surface area (Å²) >= 11 is 0. The molecule has 2 saturated heterocycles. The van der Waals surface area contributed by atoms with E-state index in [1.54, 1.807) is 0 Å². The van der Waals surface area contributed by atoms with E-state index in [4.69, 9.17) is 23.0 Å². The monoisotopic (exact) mass is 912 g/mol. The van der Waals surface area contributed by atoms with Crippen molar-refractivity contribution in [1.82, 2.24) is 0 Å². The van der Waals surface area contributed by atoms with Gasteiger partial charge in [-0.3, -0.25) is 9.05 Å². The summed E-state index contributed by atoms with van der Waals surface area (Å²) in [7, 11) is -3.50. The molecule has 0 spiro atoms. The first-order valence-corrected chi connectivity index (χ1v) is 25.8. The van der Waals surface area contributed by atoms with Crippen LogP contribution >= 0.6 is 16.5 Å². The molecule has 2 fully saturated rings. The van der Waals surface area contributed by atoms with Gasteiger partial charge < -0.3 is 14.0 Å². The Bertz CT molecular complexity index is 2470. The minimum atomic E-state index is -2.34. The van der Waals surface area contributed by atoms with Gasteiger partial charge in [0.2, 0.25) is 0 Å². The number of fused-ring (bicyclic) bond motifs is 1. The normalized spacial score (nSPS) is 20.0. The maximum absolute atomic E-state index is 7.97. The van der Waals surface area contributed by atoms with Gasteiger partial charge in [0.1, 0.15) is 18.0 Å². The van der Waals surface area contributed by atoms with E-state index in [1.165, 1.54) is 16.2 Å². The minimum Gasteiger partial charge on any atom is -0.426 e. The van der Waals surface area contributed by atoms with Crippen molar-refractivity contribution in [3.63, 3.8) is 0 Å². The van der Waals surface area contributed by atoms with Gasteiger partial charge in [-0.05, 0) is 89.9 Å². The molecule has 5 nitrogen and oxygen atoms in total. The summed E-state index contributed by atoms with van der Waals surface area (Å²) in [6.45, 7) is 17.9. The van der Waals surface area contributed by atoms with E-state index >= 15 is 0 Å². The standard InChI is InChI=1S/C59H62O5P2/c1-9-55(3,4)47-41-50(56(5,6)10-2)52(51(42-47)65(48-37-25-15-26-38-48)49-39-27-16-28-40-49)62-66-63-58(43-29-17-11-18-30-43,44-31-19-12-20-32-44)53-54(61-57(7,8)60-53)59(64-66,45-33-21-13-22-34-45)46-35-23-14-24-36-46/h11-42,53-54H,9-10H2,1-8H3/t53-,54?,66?/m1/s1. The third kappa shape index (κ3) is 8.49.